The molecule has 3 nitrogen and oxygen atoms in total. The Hall–Kier alpha value is -2.00. The molecule has 0 atom stereocenters. The van der Waals surface area contributed by atoms with Gasteiger partial charge >= 0.3 is 0 Å². The molecule has 0 amide bonds. The number of methoxy groups -OCH3 is 1. The highest BCUT2D eigenvalue weighted by molar-refractivity contribution is 5.68. The lowest BCUT2D eigenvalue weighted by Gasteiger charge is -2.25. The van der Waals surface area contributed by atoms with Crippen molar-refractivity contribution in [3.8, 4) is 5.75 Å². The Kier molecular flexibility index (Phi) is 3.38. The third-order valence-corrected chi connectivity index (χ3v) is 3.48. The zero-order valence-electron chi connectivity index (χ0n) is 11.1. The molecule has 98 valence electrons. The highest BCUT2D eigenvalue weighted by atomic mass is 16.5. The second-order valence-corrected chi connectivity index (χ2v) is 4.66. The van der Waals surface area contributed by atoms with E-state index in [9.17, 15) is 0 Å². The van der Waals surface area contributed by atoms with Gasteiger partial charge in [-0.2, -0.15) is 0 Å². The normalized spacial score (nSPS) is 14.7. The molecule has 0 unspecified atom stereocenters. The standard InChI is InChI=1S/C16H18N2O/c1-19-15-7-4-6-14(11-15)18-10-9-17-12-13-5-2-3-8-16(13)18/h2-8,11,17H,9-10,12H2,1H3. The Balaban J connectivity index is 2.03. The van der Waals surface area contributed by atoms with E-state index in [1.54, 1.807) is 7.11 Å². The van der Waals surface area contributed by atoms with Gasteiger partial charge in [0.05, 0.1) is 7.11 Å². The minimum atomic E-state index is 0.896. The van der Waals surface area contributed by atoms with E-state index in [0.29, 0.717) is 0 Å². The molecule has 0 radical (unpaired) electrons. The van der Waals surface area contributed by atoms with Crippen molar-refractivity contribution in [2.24, 2.45) is 0 Å². The topological polar surface area (TPSA) is 24.5 Å². The number of hydrogen-bond donors (Lipinski definition) is 1. The van der Waals surface area contributed by atoms with Crippen LogP contribution in [-0.4, -0.2) is 20.2 Å². The molecular weight excluding hydrogens is 236 g/mol. The van der Waals surface area contributed by atoms with E-state index >= 15 is 0 Å². The fourth-order valence-corrected chi connectivity index (χ4v) is 2.50. The van der Waals surface area contributed by atoms with Gasteiger partial charge in [0.1, 0.15) is 5.75 Å². The summed E-state index contributed by atoms with van der Waals surface area (Å²) < 4.78 is 5.32. The fraction of sp³-hybridized carbons (Fsp3) is 0.250. The van der Waals surface area contributed by atoms with Gasteiger partial charge in [-0.15, -0.1) is 0 Å². The molecular formula is C16H18N2O. The Morgan fingerprint density at radius 1 is 1.11 bits per heavy atom. The molecule has 1 N–H and O–H groups in total. The summed E-state index contributed by atoms with van der Waals surface area (Å²) in [5, 5.41) is 3.46. The number of para-hydroxylation sites is 1. The quantitative estimate of drug-likeness (QED) is 0.891. The zero-order chi connectivity index (χ0) is 13.1. The fourth-order valence-electron chi connectivity index (χ4n) is 2.50. The molecule has 1 aliphatic heterocycles. The van der Waals surface area contributed by atoms with Gasteiger partial charge in [0.25, 0.3) is 0 Å². The van der Waals surface area contributed by atoms with Crippen molar-refractivity contribution in [2.45, 2.75) is 6.54 Å². The van der Waals surface area contributed by atoms with Gasteiger partial charge in [-0.1, -0.05) is 24.3 Å². The van der Waals surface area contributed by atoms with E-state index in [-0.39, 0.29) is 0 Å². The molecule has 1 aliphatic rings. The molecule has 2 aromatic rings. The highest BCUT2D eigenvalue weighted by Crippen LogP contribution is 2.31. The summed E-state index contributed by atoms with van der Waals surface area (Å²) in [5.41, 5.74) is 3.79. The van der Waals surface area contributed by atoms with E-state index in [2.05, 4.69) is 46.6 Å². The van der Waals surface area contributed by atoms with Gasteiger partial charge in [0.2, 0.25) is 0 Å². The maximum atomic E-state index is 5.32. The largest absolute Gasteiger partial charge is 0.497 e. The van der Waals surface area contributed by atoms with Crippen molar-refractivity contribution in [1.29, 1.82) is 0 Å². The van der Waals surface area contributed by atoms with Crippen LogP contribution in [-0.2, 0) is 6.54 Å². The van der Waals surface area contributed by atoms with E-state index in [1.165, 1.54) is 16.9 Å². The lowest BCUT2D eigenvalue weighted by atomic mass is 10.1. The predicted octanol–water partition coefficient (Wildman–Crippen LogP) is 2.94. The molecule has 0 aromatic heterocycles. The van der Waals surface area contributed by atoms with Crippen molar-refractivity contribution in [3.63, 3.8) is 0 Å². The molecule has 2 aromatic carbocycles. The number of nitrogens with one attached hydrogen (secondary N) is 1. The first-order chi connectivity index (χ1) is 9.38. The molecule has 0 aliphatic carbocycles. The minimum absolute atomic E-state index is 0.896. The number of ether oxygens (including phenoxy) is 1. The molecule has 0 saturated carbocycles. The van der Waals surface area contributed by atoms with E-state index in [4.69, 9.17) is 4.74 Å². The summed E-state index contributed by atoms with van der Waals surface area (Å²) >= 11 is 0. The zero-order valence-corrected chi connectivity index (χ0v) is 11.1. The van der Waals surface area contributed by atoms with Crippen LogP contribution in [0.5, 0.6) is 5.75 Å². The van der Waals surface area contributed by atoms with Gasteiger partial charge < -0.3 is 15.0 Å². The number of rotatable bonds is 2. The van der Waals surface area contributed by atoms with E-state index < -0.39 is 0 Å². The number of benzene rings is 2. The van der Waals surface area contributed by atoms with Crippen LogP contribution in [0.3, 0.4) is 0 Å². The Morgan fingerprint density at radius 3 is 2.89 bits per heavy atom. The lowest BCUT2D eigenvalue weighted by Crippen LogP contribution is -2.24. The summed E-state index contributed by atoms with van der Waals surface area (Å²) in [5.74, 6) is 0.896. The first-order valence-electron chi connectivity index (χ1n) is 6.59. The smallest absolute Gasteiger partial charge is 0.120 e. The third-order valence-electron chi connectivity index (χ3n) is 3.48. The molecule has 19 heavy (non-hydrogen) atoms. The minimum Gasteiger partial charge on any atom is -0.497 e. The molecule has 3 rings (SSSR count). The summed E-state index contributed by atoms with van der Waals surface area (Å²) in [7, 11) is 1.71. The summed E-state index contributed by atoms with van der Waals surface area (Å²) in [6.07, 6.45) is 0. The third kappa shape index (κ3) is 2.42. The van der Waals surface area contributed by atoms with Crippen molar-refractivity contribution in [3.05, 3.63) is 54.1 Å². The van der Waals surface area contributed by atoms with Crippen LogP contribution in [0.25, 0.3) is 0 Å². The number of anilines is 2. The number of hydrogen-bond acceptors (Lipinski definition) is 3. The average molecular weight is 254 g/mol. The highest BCUT2D eigenvalue weighted by Gasteiger charge is 2.16. The maximum absolute atomic E-state index is 5.32. The molecule has 0 saturated heterocycles. The van der Waals surface area contributed by atoms with Gasteiger partial charge in [-0.25, -0.2) is 0 Å². The van der Waals surface area contributed by atoms with Gasteiger partial charge in [0, 0.05) is 37.1 Å². The number of fused-ring (bicyclic) bond motifs is 1. The van der Waals surface area contributed by atoms with Crippen LogP contribution in [0.1, 0.15) is 5.56 Å². The second kappa shape index (κ2) is 5.33. The summed E-state index contributed by atoms with van der Waals surface area (Å²) in [4.78, 5) is 2.35. The van der Waals surface area contributed by atoms with Crippen LogP contribution in [0.4, 0.5) is 11.4 Å². The molecule has 1 heterocycles. The molecule has 0 fully saturated rings. The van der Waals surface area contributed by atoms with Crippen molar-refractivity contribution < 1.29 is 4.74 Å². The maximum Gasteiger partial charge on any atom is 0.120 e. The van der Waals surface area contributed by atoms with Crippen LogP contribution in [0.2, 0.25) is 0 Å². The monoisotopic (exact) mass is 254 g/mol. The first-order valence-corrected chi connectivity index (χ1v) is 6.59. The van der Waals surface area contributed by atoms with Crippen LogP contribution < -0.4 is 15.0 Å². The van der Waals surface area contributed by atoms with Crippen molar-refractivity contribution >= 4 is 11.4 Å². The average Bonchev–Trinajstić information content (AvgIpc) is 2.69. The van der Waals surface area contributed by atoms with Crippen LogP contribution >= 0.6 is 0 Å². The Labute approximate surface area is 113 Å². The first kappa shape index (κ1) is 12.1. The van der Waals surface area contributed by atoms with Crippen LogP contribution in [0.15, 0.2) is 48.5 Å². The summed E-state index contributed by atoms with van der Waals surface area (Å²) in [6, 6.07) is 16.8. The van der Waals surface area contributed by atoms with Crippen molar-refractivity contribution in [1.82, 2.24) is 5.32 Å². The number of nitrogens with zero attached hydrogens (tertiary/aromatic N) is 1. The van der Waals surface area contributed by atoms with Gasteiger partial charge in [0.15, 0.2) is 0 Å². The van der Waals surface area contributed by atoms with E-state index in [0.717, 1.165) is 25.4 Å². The second-order valence-electron chi connectivity index (χ2n) is 4.66. The Morgan fingerprint density at radius 2 is 2.00 bits per heavy atom. The van der Waals surface area contributed by atoms with Crippen LogP contribution in [0, 0.1) is 0 Å². The van der Waals surface area contributed by atoms with Gasteiger partial charge in [-0.3, -0.25) is 0 Å². The molecule has 3 heteroatoms. The van der Waals surface area contributed by atoms with Crippen molar-refractivity contribution in [2.75, 3.05) is 25.1 Å². The SMILES string of the molecule is COc1cccc(N2CCNCc3ccccc32)c1. The lowest BCUT2D eigenvalue weighted by molar-refractivity contribution is 0.415. The molecule has 0 bridgehead atoms. The van der Waals surface area contributed by atoms with Gasteiger partial charge in [-0.05, 0) is 23.8 Å². The summed E-state index contributed by atoms with van der Waals surface area (Å²) in [6.45, 7) is 2.87. The van der Waals surface area contributed by atoms with E-state index in [1.807, 2.05) is 12.1 Å². The Bertz CT molecular complexity index is 568. The predicted molar refractivity (Wildman–Crippen MR) is 78.1 cm³/mol. The molecule has 0 spiro atoms.